The Morgan fingerprint density at radius 1 is 0.963 bits per heavy atom. The van der Waals surface area contributed by atoms with Gasteiger partial charge in [0.1, 0.15) is 6.04 Å². The largest absolute Gasteiger partial charge is 0.337 e. The van der Waals surface area contributed by atoms with Gasteiger partial charge in [0, 0.05) is 39.8 Å². The second-order valence-electron chi connectivity index (χ2n) is 7.67. The number of thiocarbonyl (C=S) groups is 1. The maximum absolute atomic E-state index is 11.9. The standard InChI is InChI=1S/C18H34N4O3S2/c1-16-17(23)19(2)18(26)22(16)11-9-7-5-4-6-8-10-20-12-14-21(15-13-20)27(3,24)25/h16H,4-15H2,1-3H3. The third kappa shape index (κ3) is 6.37. The first kappa shape index (κ1) is 22.5. The van der Waals surface area contributed by atoms with E-state index in [1.807, 2.05) is 11.8 Å². The molecule has 0 aliphatic carbocycles. The summed E-state index contributed by atoms with van der Waals surface area (Å²) < 4.78 is 24.6. The molecular formula is C18H34N4O3S2. The van der Waals surface area contributed by atoms with Gasteiger partial charge in [0.25, 0.3) is 5.91 Å². The fourth-order valence-electron chi connectivity index (χ4n) is 3.76. The summed E-state index contributed by atoms with van der Waals surface area (Å²) in [6, 6.07) is -0.120. The zero-order chi connectivity index (χ0) is 20.0. The van der Waals surface area contributed by atoms with Crippen LogP contribution in [-0.2, 0) is 14.8 Å². The molecule has 2 aliphatic rings. The molecule has 1 atom stereocenters. The van der Waals surface area contributed by atoms with Gasteiger partial charge in [-0.25, -0.2) is 8.42 Å². The number of hydrogen-bond donors (Lipinski definition) is 0. The zero-order valence-electron chi connectivity index (χ0n) is 16.9. The quantitative estimate of drug-likeness (QED) is 0.394. The van der Waals surface area contributed by atoms with Gasteiger partial charge in [-0.1, -0.05) is 25.7 Å². The molecule has 1 amide bonds. The third-order valence-corrected chi connectivity index (χ3v) is 7.42. The molecule has 27 heavy (non-hydrogen) atoms. The Morgan fingerprint density at radius 2 is 1.48 bits per heavy atom. The molecule has 2 heterocycles. The van der Waals surface area contributed by atoms with Gasteiger partial charge in [0.15, 0.2) is 5.11 Å². The molecule has 156 valence electrons. The number of unbranched alkanes of at least 4 members (excludes halogenated alkanes) is 5. The van der Waals surface area contributed by atoms with Crippen molar-refractivity contribution in [3.63, 3.8) is 0 Å². The Labute approximate surface area is 169 Å². The van der Waals surface area contributed by atoms with Crippen LogP contribution in [0.1, 0.15) is 45.4 Å². The third-order valence-electron chi connectivity index (χ3n) is 5.61. The molecule has 0 radical (unpaired) electrons. The van der Waals surface area contributed by atoms with Gasteiger partial charge >= 0.3 is 0 Å². The average Bonchev–Trinajstić information content (AvgIpc) is 2.81. The Balaban J connectivity index is 1.48. The van der Waals surface area contributed by atoms with E-state index in [1.54, 1.807) is 16.3 Å². The lowest BCUT2D eigenvalue weighted by Gasteiger charge is -2.33. The number of carbonyl (C=O) groups excluding carboxylic acids is 1. The number of piperazine rings is 1. The first-order valence-electron chi connectivity index (χ1n) is 9.97. The first-order valence-corrected chi connectivity index (χ1v) is 12.2. The maximum atomic E-state index is 11.9. The van der Waals surface area contributed by atoms with Crippen LogP contribution < -0.4 is 0 Å². The Morgan fingerprint density at radius 3 is 1.96 bits per heavy atom. The molecule has 0 aromatic carbocycles. The first-order chi connectivity index (χ1) is 12.7. The molecule has 0 saturated carbocycles. The van der Waals surface area contributed by atoms with E-state index in [0.29, 0.717) is 18.2 Å². The summed E-state index contributed by atoms with van der Waals surface area (Å²) in [5.41, 5.74) is 0. The van der Waals surface area contributed by atoms with Crippen LogP contribution in [0.2, 0.25) is 0 Å². The van der Waals surface area contributed by atoms with Gasteiger partial charge in [-0.3, -0.25) is 9.69 Å². The average molecular weight is 419 g/mol. The van der Waals surface area contributed by atoms with Crippen molar-refractivity contribution >= 4 is 33.3 Å². The minimum absolute atomic E-state index is 0.0948. The van der Waals surface area contributed by atoms with Crippen LogP contribution in [0, 0.1) is 0 Å². The highest BCUT2D eigenvalue weighted by molar-refractivity contribution is 7.88. The van der Waals surface area contributed by atoms with Crippen LogP contribution in [-0.4, -0.2) is 97.1 Å². The fourth-order valence-corrected chi connectivity index (χ4v) is 4.93. The predicted molar refractivity (Wildman–Crippen MR) is 112 cm³/mol. The highest BCUT2D eigenvalue weighted by Gasteiger charge is 2.36. The normalized spacial score (nSPS) is 22.9. The Kier molecular flexibility index (Phi) is 8.45. The van der Waals surface area contributed by atoms with Gasteiger partial charge in [-0.05, 0) is 38.5 Å². The number of rotatable bonds is 10. The number of likely N-dealkylation sites (N-methyl/N-ethyl adjacent to an activating group) is 1. The summed E-state index contributed by atoms with van der Waals surface area (Å²) in [6.07, 6.45) is 8.34. The fraction of sp³-hybridized carbons (Fsp3) is 0.889. The Hall–Kier alpha value is -0.770. The minimum Gasteiger partial charge on any atom is -0.337 e. The van der Waals surface area contributed by atoms with Crippen molar-refractivity contribution < 1.29 is 13.2 Å². The van der Waals surface area contributed by atoms with Crippen molar-refractivity contribution in [2.45, 2.75) is 51.5 Å². The lowest BCUT2D eigenvalue weighted by molar-refractivity contribution is -0.126. The second kappa shape index (κ2) is 10.1. The van der Waals surface area contributed by atoms with E-state index in [2.05, 4.69) is 4.90 Å². The highest BCUT2D eigenvalue weighted by atomic mass is 32.2. The Bertz CT molecular complexity index is 618. The van der Waals surface area contributed by atoms with E-state index < -0.39 is 10.0 Å². The minimum atomic E-state index is -3.03. The summed E-state index contributed by atoms with van der Waals surface area (Å²) in [7, 11) is -1.28. The molecule has 0 aromatic rings. The number of amides is 1. The van der Waals surface area contributed by atoms with Gasteiger partial charge in [0.2, 0.25) is 10.0 Å². The van der Waals surface area contributed by atoms with Crippen molar-refractivity contribution in [2.24, 2.45) is 0 Å². The zero-order valence-corrected chi connectivity index (χ0v) is 18.5. The second-order valence-corrected chi connectivity index (χ2v) is 10.0. The van der Waals surface area contributed by atoms with Gasteiger partial charge in [0.05, 0.1) is 6.26 Å². The van der Waals surface area contributed by atoms with Crippen LogP contribution in [0.5, 0.6) is 0 Å². The van der Waals surface area contributed by atoms with E-state index in [9.17, 15) is 13.2 Å². The summed E-state index contributed by atoms with van der Waals surface area (Å²) >= 11 is 5.33. The SMILES string of the molecule is CC1C(=O)N(C)C(=S)N1CCCCCCCCN1CCN(S(C)(=O)=O)CC1. The molecule has 2 saturated heterocycles. The number of sulfonamides is 1. The van der Waals surface area contributed by atoms with E-state index in [1.165, 1.54) is 31.9 Å². The van der Waals surface area contributed by atoms with E-state index in [-0.39, 0.29) is 11.9 Å². The van der Waals surface area contributed by atoms with E-state index in [4.69, 9.17) is 12.2 Å². The summed E-state index contributed by atoms with van der Waals surface area (Å²) in [6.45, 7) is 6.77. The smallest absolute Gasteiger partial charge is 0.250 e. The van der Waals surface area contributed by atoms with Gasteiger partial charge in [-0.15, -0.1) is 0 Å². The number of hydrogen-bond acceptors (Lipinski definition) is 5. The lowest BCUT2D eigenvalue weighted by atomic mass is 10.1. The molecule has 1 unspecified atom stereocenters. The summed E-state index contributed by atoms with van der Waals surface area (Å²) in [5, 5.41) is 0.656. The van der Waals surface area contributed by atoms with Crippen molar-refractivity contribution in [3.8, 4) is 0 Å². The van der Waals surface area contributed by atoms with Crippen molar-refractivity contribution in [1.29, 1.82) is 0 Å². The molecule has 7 nitrogen and oxygen atoms in total. The molecular weight excluding hydrogens is 384 g/mol. The van der Waals surface area contributed by atoms with Crippen molar-refractivity contribution in [2.75, 3.05) is 52.6 Å². The molecule has 2 aliphatic heterocycles. The van der Waals surface area contributed by atoms with E-state index >= 15 is 0 Å². The van der Waals surface area contributed by atoms with Gasteiger partial charge in [-0.2, -0.15) is 4.31 Å². The highest BCUT2D eigenvalue weighted by Crippen LogP contribution is 2.17. The predicted octanol–water partition coefficient (Wildman–Crippen LogP) is 1.35. The van der Waals surface area contributed by atoms with Gasteiger partial charge < -0.3 is 9.80 Å². The van der Waals surface area contributed by atoms with Crippen LogP contribution in [0.15, 0.2) is 0 Å². The molecule has 0 bridgehead atoms. The van der Waals surface area contributed by atoms with Crippen LogP contribution in [0.3, 0.4) is 0 Å². The van der Waals surface area contributed by atoms with Crippen LogP contribution in [0.4, 0.5) is 0 Å². The number of nitrogens with zero attached hydrogens (tertiary/aromatic N) is 4. The summed E-state index contributed by atoms with van der Waals surface area (Å²) in [5.74, 6) is 0.0948. The van der Waals surface area contributed by atoms with E-state index in [0.717, 1.165) is 39.0 Å². The monoisotopic (exact) mass is 418 g/mol. The van der Waals surface area contributed by atoms with Crippen molar-refractivity contribution in [1.82, 2.24) is 19.0 Å². The topological polar surface area (TPSA) is 64.2 Å². The molecule has 2 rings (SSSR count). The lowest BCUT2D eigenvalue weighted by Crippen LogP contribution is -2.48. The maximum Gasteiger partial charge on any atom is 0.250 e. The molecule has 2 fully saturated rings. The number of carbonyl (C=O) groups is 1. The molecule has 9 heteroatoms. The van der Waals surface area contributed by atoms with Crippen LogP contribution in [0.25, 0.3) is 0 Å². The van der Waals surface area contributed by atoms with Crippen molar-refractivity contribution in [3.05, 3.63) is 0 Å². The van der Waals surface area contributed by atoms with Crippen LogP contribution >= 0.6 is 12.2 Å². The summed E-state index contributed by atoms with van der Waals surface area (Å²) in [4.78, 5) is 17.9. The molecule has 0 spiro atoms. The molecule has 0 aromatic heterocycles. The molecule has 0 N–H and O–H groups in total.